The van der Waals surface area contributed by atoms with Gasteiger partial charge in [0.1, 0.15) is 11.3 Å². The van der Waals surface area contributed by atoms with Crippen molar-refractivity contribution in [3.05, 3.63) is 76.2 Å². The lowest BCUT2D eigenvalue weighted by Gasteiger charge is -2.26. The van der Waals surface area contributed by atoms with E-state index >= 15 is 0 Å². The molecule has 0 bridgehead atoms. The van der Waals surface area contributed by atoms with Crippen LogP contribution in [0.15, 0.2) is 48.2 Å². The molecular formula is C26H30N4O3. The van der Waals surface area contributed by atoms with Crippen LogP contribution in [0.3, 0.4) is 0 Å². The molecule has 1 N–H and O–H groups in total. The fourth-order valence-electron chi connectivity index (χ4n) is 4.49. The summed E-state index contributed by atoms with van der Waals surface area (Å²) >= 11 is 0. The molecule has 1 fully saturated rings. The topological polar surface area (TPSA) is 78.1 Å². The molecule has 0 radical (unpaired) electrons. The Labute approximate surface area is 194 Å². The lowest BCUT2D eigenvalue weighted by atomic mass is 9.95. The van der Waals surface area contributed by atoms with E-state index in [4.69, 9.17) is 0 Å². The number of rotatable bonds is 6. The van der Waals surface area contributed by atoms with Gasteiger partial charge in [-0.25, -0.2) is 4.98 Å². The molecule has 1 amide bonds. The first-order valence-electron chi connectivity index (χ1n) is 11.1. The molecule has 172 valence electrons. The fraction of sp³-hybridized carbons (Fsp3) is 0.346. The zero-order valence-corrected chi connectivity index (χ0v) is 19.8. The molecule has 2 aromatic heterocycles. The highest BCUT2D eigenvalue weighted by Crippen LogP contribution is 2.40. The van der Waals surface area contributed by atoms with E-state index in [0.29, 0.717) is 23.6 Å². The second-order valence-electron chi connectivity index (χ2n) is 8.99. The normalized spacial score (nSPS) is 18.1. The molecular weight excluding hydrogens is 416 g/mol. The van der Waals surface area contributed by atoms with Crippen LogP contribution in [0.4, 0.5) is 0 Å². The van der Waals surface area contributed by atoms with Crippen molar-refractivity contribution in [3.8, 4) is 0 Å². The summed E-state index contributed by atoms with van der Waals surface area (Å²) in [6, 6.07) is 10.9. The maximum Gasteiger partial charge on any atom is 0.295 e. The van der Waals surface area contributed by atoms with E-state index in [9.17, 15) is 14.7 Å². The van der Waals surface area contributed by atoms with Gasteiger partial charge in [-0.1, -0.05) is 35.9 Å². The zero-order valence-electron chi connectivity index (χ0n) is 19.8. The van der Waals surface area contributed by atoms with Crippen LogP contribution < -0.4 is 0 Å². The van der Waals surface area contributed by atoms with E-state index in [1.807, 2.05) is 75.4 Å². The van der Waals surface area contributed by atoms with Crippen LogP contribution in [0, 0.1) is 20.8 Å². The number of imidazole rings is 1. The second-order valence-corrected chi connectivity index (χ2v) is 8.99. The summed E-state index contributed by atoms with van der Waals surface area (Å²) < 4.78 is 1.78. The van der Waals surface area contributed by atoms with Gasteiger partial charge in [0.15, 0.2) is 5.76 Å². The van der Waals surface area contributed by atoms with Crippen molar-refractivity contribution in [1.82, 2.24) is 19.2 Å². The predicted molar refractivity (Wildman–Crippen MR) is 128 cm³/mol. The minimum absolute atomic E-state index is 0.111. The highest BCUT2D eigenvalue weighted by molar-refractivity contribution is 6.46. The third kappa shape index (κ3) is 4.04. The summed E-state index contributed by atoms with van der Waals surface area (Å²) in [7, 11) is 3.95. The number of hydrogen-bond acceptors (Lipinski definition) is 5. The van der Waals surface area contributed by atoms with Gasteiger partial charge in [0.25, 0.3) is 11.7 Å². The van der Waals surface area contributed by atoms with Crippen LogP contribution in [-0.2, 0) is 9.59 Å². The van der Waals surface area contributed by atoms with Gasteiger partial charge in [-0.3, -0.25) is 14.0 Å². The number of hydrogen-bond donors (Lipinski definition) is 1. The van der Waals surface area contributed by atoms with Crippen LogP contribution in [-0.4, -0.2) is 63.2 Å². The lowest BCUT2D eigenvalue weighted by Crippen LogP contribution is -2.32. The predicted octanol–water partition coefficient (Wildman–Crippen LogP) is 3.63. The van der Waals surface area contributed by atoms with Gasteiger partial charge in [0, 0.05) is 12.7 Å². The summed E-state index contributed by atoms with van der Waals surface area (Å²) in [4.78, 5) is 34.6. The number of aromatic nitrogens is 2. The molecule has 0 saturated carbocycles. The minimum atomic E-state index is -0.662. The maximum absolute atomic E-state index is 13.3. The van der Waals surface area contributed by atoms with Crippen LogP contribution in [0.5, 0.6) is 0 Å². The summed E-state index contributed by atoms with van der Waals surface area (Å²) in [5.41, 5.74) is 4.70. The molecule has 1 aliphatic rings. The Morgan fingerprint density at radius 1 is 1.09 bits per heavy atom. The third-order valence-corrected chi connectivity index (χ3v) is 6.18. The molecule has 7 heteroatoms. The van der Waals surface area contributed by atoms with Crippen molar-refractivity contribution in [2.45, 2.75) is 33.2 Å². The molecule has 1 unspecified atom stereocenters. The number of ketones is 1. The number of carbonyl (C=O) groups excluding carboxylic acids is 2. The molecule has 3 heterocycles. The van der Waals surface area contributed by atoms with E-state index in [1.165, 1.54) is 0 Å². The molecule has 1 atom stereocenters. The van der Waals surface area contributed by atoms with E-state index in [1.54, 1.807) is 16.2 Å². The van der Waals surface area contributed by atoms with Crippen LogP contribution in [0.1, 0.15) is 40.5 Å². The highest BCUT2D eigenvalue weighted by Gasteiger charge is 2.46. The van der Waals surface area contributed by atoms with Gasteiger partial charge in [0.05, 0.1) is 17.3 Å². The van der Waals surface area contributed by atoms with Gasteiger partial charge >= 0.3 is 0 Å². The van der Waals surface area contributed by atoms with E-state index < -0.39 is 17.7 Å². The number of aryl methyl sites for hydroxylation is 3. The average Bonchev–Trinajstić information content (AvgIpc) is 3.23. The summed E-state index contributed by atoms with van der Waals surface area (Å²) in [5, 5.41) is 11.5. The van der Waals surface area contributed by atoms with Crippen molar-refractivity contribution in [2.75, 3.05) is 27.2 Å². The number of aliphatic hydroxyl groups excluding tert-OH is 1. The zero-order chi connectivity index (χ0) is 23.9. The van der Waals surface area contributed by atoms with Crippen LogP contribution >= 0.6 is 0 Å². The first-order chi connectivity index (χ1) is 15.7. The second kappa shape index (κ2) is 8.83. The van der Waals surface area contributed by atoms with Crippen molar-refractivity contribution < 1.29 is 14.7 Å². The molecule has 0 spiro atoms. The van der Waals surface area contributed by atoms with E-state index in [-0.39, 0.29) is 11.3 Å². The largest absolute Gasteiger partial charge is 0.505 e. The number of aliphatic hydroxyl groups is 1. The Morgan fingerprint density at radius 2 is 1.79 bits per heavy atom. The first-order valence-corrected chi connectivity index (χ1v) is 11.1. The molecule has 3 aromatic rings. The van der Waals surface area contributed by atoms with Gasteiger partial charge in [-0.05, 0) is 65.0 Å². The molecule has 0 aliphatic carbocycles. The molecule has 1 saturated heterocycles. The van der Waals surface area contributed by atoms with Gasteiger partial charge in [-0.2, -0.15) is 0 Å². The quantitative estimate of drug-likeness (QED) is 0.355. The Balaban J connectivity index is 1.89. The number of carbonyl (C=O) groups is 2. The minimum Gasteiger partial charge on any atom is -0.505 e. The number of likely N-dealkylation sites (tertiary alicyclic amines) is 1. The van der Waals surface area contributed by atoms with Crippen LogP contribution in [0.2, 0.25) is 0 Å². The Bertz CT molecular complexity index is 1250. The third-order valence-electron chi connectivity index (χ3n) is 6.18. The standard InChI is InChI=1S/C26H30N4O3/c1-16-9-11-19(12-10-16)22-20(24(32)26(33)30(22)15-7-13-28(4)5)23(31)21-18(3)27-25-17(2)8-6-14-29(21)25/h6,8-12,14,22,31H,7,13,15H2,1-5H3/b23-20-. The molecule has 33 heavy (non-hydrogen) atoms. The lowest BCUT2D eigenvalue weighted by molar-refractivity contribution is -0.139. The number of Topliss-reactive ketones (excluding diaryl/α,β-unsaturated/α-hetero) is 1. The van der Waals surface area contributed by atoms with Crippen molar-refractivity contribution in [3.63, 3.8) is 0 Å². The maximum atomic E-state index is 13.3. The average molecular weight is 447 g/mol. The summed E-state index contributed by atoms with van der Waals surface area (Å²) in [5.74, 6) is -1.43. The Hall–Kier alpha value is -3.45. The van der Waals surface area contributed by atoms with Gasteiger partial charge in [0.2, 0.25) is 0 Å². The van der Waals surface area contributed by atoms with Crippen molar-refractivity contribution >= 4 is 23.1 Å². The molecule has 7 nitrogen and oxygen atoms in total. The highest BCUT2D eigenvalue weighted by atomic mass is 16.3. The van der Waals surface area contributed by atoms with Gasteiger partial charge in [-0.15, -0.1) is 0 Å². The Kier molecular flexibility index (Phi) is 6.08. The number of pyridine rings is 1. The number of benzene rings is 1. The molecule has 4 rings (SSSR count). The monoisotopic (exact) mass is 446 g/mol. The summed E-state index contributed by atoms with van der Waals surface area (Å²) in [6.07, 6.45) is 2.53. The van der Waals surface area contributed by atoms with Crippen molar-refractivity contribution in [1.29, 1.82) is 0 Å². The number of fused-ring (bicyclic) bond motifs is 1. The molecule has 1 aliphatic heterocycles. The van der Waals surface area contributed by atoms with E-state index in [2.05, 4.69) is 4.98 Å². The SMILES string of the molecule is Cc1ccc(C2/C(=C(/O)c3c(C)nc4c(C)cccn34)C(=O)C(=O)N2CCCN(C)C)cc1. The van der Waals surface area contributed by atoms with E-state index in [0.717, 1.165) is 29.7 Å². The first kappa shape index (κ1) is 22.7. The van der Waals surface area contributed by atoms with Crippen LogP contribution in [0.25, 0.3) is 11.4 Å². The number of amides is 1. The Morgan fingerprint density at radius 3 is 2.45 bits per heavy atom. The van der Waals surface area contributed by atoms with Gasteiger partial charge < -0.3 is 14.9 Å². The molecule has 1 aromatic carbocycles. The fourth-order valence-corrected chi connectivity index (χ4v) is 4.49. The smallest absolute Gasteiger partial charge is 0.295 e. The summed E-state index contributed by atoms with van der Waals surface area (Å²) in [6.45, 7) is 6.94. The van der Waals surface area contributed by atoms with Crippen molar-refractivity contribution in [2.24, 2.45) is 0 Å². The number of nitrogens with zero attached hydrogens (tertiary/aromatic N) is 4.